The van der Waals surface area contributed by atoms with Crippen LogP contribution in [0.4, 0.5) is 0 Å². The maximum atomic E-state index is 11.3. The Kier molecular flexibility index (Phi) is 5.95. The number of nitrogens with one attached hydrogen (secondary N) is 1. The van der Waals surface area contributed by atoms with E-state index in [9.17, 15) is 4.79 Å². The van der Waals surface area contributed by atoms with Crippen LogP contribution in [0.5, 0.6) is 0 Å². The molecule has 0 aromatic carbocycles. The molecule has 17 heavy (non-hydrogen) atoms. The van der Waals surface area contributed by atoms with E-state index in [-0.39, 0.29) is 0 Å². The highest BCUT2D eigenvalue weighted by Crippen LogP contribution is 2.28. The van der Waals surface area contributed by atoms with Crippen molar-refractivity contribution in [2.45, 2.75) is 38.1 Å². The number of nitrogens with zero attached hydrogens (tertiary/aromatic N) is 1. The van der Waals surface area contributed by atoms with E-state index in [4.69, 9.17) is 0 Å². The second-order valence-corrected chi connectivity index (χ2v) is 7.06. The van der Waals surface area contributed by atoms with E-state index < -0.39 is 0 Å². The molecular weight excluding hydrogens is 442 g/mol. The van der Waals surface area contributed by atoms with Gasteiger partial charge in [-0.25, -0.2) is 0 Å². The van der Waals surface area contributed by atoms with Crippen LogP contribution in [0.1, 0.15) is 32.1 Å². The number of hydrogen-bond acceptors (Lipinski definition) is 3. The van der Waals surface area contributed by atoms with Crippen LogP contribution in [-0.4, -0.2) is 34.4 Å². The van der Waals surface area contributed by atoms with Crippen LogP contribution in [0.3, 0.4) is 0 Å². The van der Waals surface area contributed by atoms with Gasteiger partial charge < -0.3 is 4.90 Å². The third-order valence-corrected chi connectivity index (χ3v) is 5.87. The molecule has 0 amide bonds. The summed E-state index contributed by atoms with van der Waals surface area (Å²) < 4.78 is 3.70. The third-order valence-electron chi connectivity index (χ3n) is 4.11. The Bertz CT molecular complexity index is 267. The molecule has 1 saturated heterocycles. The molecule has 2 fully saturated rings. The molecule has 1 saturated carbocycles. The highest BCUT2D eigenvalue weighted by molar-refractivity contribution is 14.1. The predicted octanol–water partition coefficient (Wildman–Crippen LogP) is 2.77. The first kappa shape index (κ1) is 14.5. The normalized spacial score (nSPS) is 35.1. The summed E-state index contributed by atoms with van der Waals surface area (Å²) in [4.78, 5) is 13.8. The van der Waals surface area contributed by atoms with Gasteiger partial charge in [-0.3, -0.25) is 8.32 Å². The molecule has 0 aromatic rings. The Morgan fingerprint density at radius 1 is 1.24 bits per heavy atom. The second-order valence-electron chi connectivity index (χ2n) is 5.38. The summed E-state index contributed by atoms with van der Waals surface area (Å²) in [5.74, 6) is 1.17. The molecule has 3 nitrogen and oxygen atoms in total. The maximum absolute atomic E-state index is 11.3. The minimum atomic E-state index is 0.308. The molecule has 1 aliphatic carbocycles. The maximum Gasteiger partial charge on any atom is 0.196 e. The molecular formula is C12H20I2N2O. The van der Waals surface area contributed by atoms with E-state index in [2.05, 4.69) is 31.3 Å². The molecule has 2 aliphatic rings. The standard InChI is InChI=1S/C12H20I2N2O/c13-12(17)10-5-6-16(8-10)7-9-1-3-11(15-14)4-2-9/h9-11,15H,1-8H2. The Morgan fingerprint density at radius 2 is 1.94 bits per heavy atom. The summed E-state index contributed by atoms with van der Waals surface area (Å²) in [6, 6.07) is 0.731. The van der Waals surface area contributed by atoms with Gasteiger partial charge in [-0.2, -0.15) is 0 Å². The predicted molar refractivity (Wildman–Crippen MR) is 86.5 cm³/mol. The number of carbonyl (C=O) groups is 1. The highest BCUT2D eigenvalue weighted by atomic mass is 127. The number of carbonyl (C=O) groups excluding carboxylic acids is 1. The van der Waals surface area contributed by atoms with Crippen molar-refractivity contribution in [2.24, 2.45) is 11.8 Å². The number of rotatable bonds is 4. The van der Waals surface area contributed by atoms with Crippen molar-refractivity contribution in [2.75, 3.05) is 19.6 Å². The quantitative estimate of drug-likeness (QED) is 0.397. The molecule has 1 atom stereocenters. The fourth-order valence-corrected chi connectivity index (χ4v) is 4.13. The van der Waals surface area contributed by atoms with Gasteiger partial charge in [0.2, 0.25) is 0 Å². The first-order valence-corrected chi connectivity index (χ1v) is 8.62. The largest absolute Gasteiger partial charge is 0.302 e. The van der Waals surface area contributed by atoms with Gasteiger partial charge in [-0.1, -0.05) is 0 Å². The van der Waals surface area contributed by atoms with Crippen molar-refractivity contribution in [3.63, 3.8) is 0 Å². The monoisotopic (exact) mass is 462 g/mol. The average Bonchev–Trinajstić information content (AvgIpc) is 2.79. The lowest BCUT2D eigenvalue weighted by Gasteiger charge is -2.30. The van der Waals surface area contributed by atoms with Crippen LogP contribution in [0.15, 0.2) is 0 Å². The lowest BCUT2D eigenvalue weighted by Crippen LogP contribution is -2.33. The Balaban J connectivity index is 1.70. The molecule has 2 rings (SSSR count). The summed E-state index contributed by atoms with van der Waals surface area (Å²) in [5, 5.41) is 0. The molecule has 0 aromatic heterocycles. The van der Waals surface area contributed by atoms with Crippen molar-refractivity contribution in [3.8, 4) is 0 Å². The summed E-state index contributed by atoms with van der Waals surface area (Å²) in [5.41, 5.74) is 0. The summed E-state index contributed by atoms with van der Waals surface area (Å²) in [6.45, 7) is 3.35. The van der Waals surface area contributed by atoms with Crippen molar-refractivity contribution in [3.05, 3.63) is 0 Å². The molecule has 0 bridgehead atoms. The molecule has 1 unspecified atom stereocenters. The van der Waals surface area contributed by atoms with E-state index in [0.717, 1.165) is 31.5 Å². The van der Waals surface area contributed by atoms with E-state index in [0.29, 0.717) is 9.71 Å². The molecule has 1 N–H and O–H groups in total. The van der Waals surface area contributed by atoms with Crippen LogP contribution >= 0.6 is 45.5 Å². The van der Waals surface area contributed by atoms with Gasteiger partial charge >= 0.3 is 0 Å². The fraction of sp³-hybridized carbons (Fsp3) is 0.917. The van der Waals surface area contributed by atoms with Gasteiger partial charge in [-0.15, -0.1) is 0 Å². The second kappa shape index (κ2) is 7.00. The number of halogens is 2. The summed E-state index contributed by atoms with van der Waals surface area (Å²) in [7, 11) is 0. The van der Waals surface area contributed by atoms with Crippen molar-refractivity contribution in [1.82, 2.24) is 8.43 Å². The van der Waals surface area contributed by atoms with Gasteiger partial charge in [0.15, 0.2) is 3.79 Å². The summed E-state index contributed by atoms with van der Waals surface area (Å²) >= 11 is 4.23. The molecule has 0 radical (unpaired) electrons. The fourth-order valence-electron chi connectivity index (χ4n) is 3.00. The first-order chi connectivity index (χ1) is 8.19. The van der Waals surface area contributed by atoms with Gasteiger partial charge in [0, 0.05) is 47.9 Å². The zero-order valence-corrected chi connectivity index (χ0v) is 14.3. The number of likely N-dealkylation sites (tertiary alicyclic amines) is 1. The zero-order chi connectivity index (χ0) is 12.3. The third kappa shape index (κ3) is 4.28. The first-order valence-electron chi connectivity index (χ1n) is 6.47. The molecule has 1 heterocycles. The van der Waals surface area contributed by atoms with Crippen molar-refractivity contribution >= 4 is 49.2 Å². The topological polar surface area (TPSA) is 32.3 Å². The van der Waals surface area contributed by atoms with Crippen LogP contribution in [0, 0.1) is 11.8 Å². The Hall–Kier alpha value is 1.05. The lowest BCUT2D eigenvalue weighted by atomic mass is 9.86. The van der Waals surface area contributed by atoms with Gasteiger partial charge in [0.05, 0.1) is 0 Å². The smallest absolute Gasteiger partial charge is 0.196 e. The minimum absolute atomic E-state index is 0.308. The lowest BCUT2D eigenvalue weighted by molar-refractivity contribution is -0.112. The van der Waals surface area contributed by atoms with Gasteiger partial charge in [-0.05, 0) is 67.2 Å². The van der Waals surface area contributed by atoms with Crippen LogP contribution < -0.4 is 3.53 Å². The Morgan fingerprint density at radius 3 is 2.47 bits per heavy atom. The molecule has 1 aliphatic heterocycles. The molecule has 98 valence electrons. The average molecular weight is 462 g/mol. The van der Waals surface area contributed by atoms with Crippen LogP contribution in [0.25, 0.3) is 0 Å². The van der Waals surface area contributed by atoms with E-state index in [1.807, 2.05) is 22.6 Å². The Labute approximate surface area is 131 Å². The van der Waals surface area contributed by atoms with Crippen molar-refractivity contribution < 1.29 is 4.79 Å². The van der Waals surface area contributed by atoms with E-state index in [1.54, 1.807) is 0 Å². The minimum Gasteiger partial charge on any atom is -0.302 e. The molecule has 5 heteroatoms. The van der Waals surface area contributed by atoms with Gasteiger partial charge in [0.25, 0.3) is 0 Å². The zero-order valence-electron chi connectivity index (χ0n) is 10.0. The molecule has 0 spiro atoms. The summed E-state index contributed by atoms with van der Waals surface area (Å²) in [6.07, 6.45) is 6.40. The number of hydrogen-bond donors (Lipinski definition) is 1. The van der Waals surface area contributed by atoms with Gasteiger partial charge in [0.1, 0.15) is 0 Å². The van der Waals surface area contributed by atoms with E-state index in [1.165, 1.54) is 32.2 Å². The van der Waals surface area contributed by atoms with Crippen LogP contribution in [-0.2, 0) is 4.79 Å². The van der Waals surface area contributed by atoms with E-state index >= 15 is 0 Å². The van der Waals surface area contributed by atoms with Crippen LogP contribution in [0.2, 0.25) is 0 Å². The van der Waals surface area contributed by atoms with Crippen molar-refractivity contribution in [1.29, 1.82) is 0 Å². The highest BCUT2D eigenvalue weighted by Gasteiger charge is 2.29. The SMILES string of the molecule is O=C(I)C1CCN(CC2CCC(NI)CC2)C1.